The summed E-state index contributed by atoms with van der Waals surface area (Å²) in [5.74, 6) is 1.25. The molecule has 0 spiro atoms. The monoisotopic (exact) mass is 422 g/mol. The van der Waals surface area contributed by atoms with E-state index in [1.54, 1.807) is 30.5 Å². The van der Waals surface area contributed by atoms with E-state index in [0.717, 1.165) is 23.3 Å². The molecule has 0 aromatic heterocycles. The van der Waals surface area contributed by atoms with Crippen LogP contribution in [0.5, 0.6) is 11.5 Å². The van der Waals surface area contributed by atoms with Gasteiger partial charge in [-0.1, -0.05) is 48.0 Å². The number of rotatable bonds is 9. The van der Waals surface area contributed by atoms with E-state index in [9.17, 15) is 4.79 Å². The normalized spacial score (nSPS) is 10.7. The Morgan fingerprint density at radius 3 is 2.43 bits per heavy atom. The van der Waals surface area contributed by atoms with Crippen molar-refractivity contribution in [2.24, 2.45) is 5.10 Å². The molecule has 0 atom stereocenters. The lowest BCUT2D eigenvalue weighted by Crippen LogP contribution is -2.17. The first-order chi connectivity index (χ1) is 14.6. The lowest BCUT2D eigenvalue weighted by Gasteiger charge is -2.11. The standard InChI is InChI=1S/C24H23ClN2O3/c1-18-8-2-4-12-22(18)29-14-7-15-30-23-13-5-3-9-20(23)17-26-27-24(28)19-10-6-11-21(25)16-19/h2-6,8-13,16-17H,7,14-15H2,1H3,(H,27,28)/b26-17-. The fourth-order valence-electron chi connectivity index (χ4n) is 2.71. The zero-order valence-electron chi connectivity index (χ0n) is 16.7. The maximum Gasteiger partial charge on any atom is 0.271 e. The van der Waals surface area contributed by atoms with Crippen molar-refractivity contribution in [2.45, 2.75) is 13.3 Å². The highest BCUT2D eigenvalue weighted by molar-refractivity contribution is 6.30. The lowest BCUT2D eigenvalue weighted by molar-refractivity contribution is 0.0955. The minimum Gasteiger partial charge on any atom is -0.493 e. The summed E-state index contributed by atoms with van der Waals surface area (Å²) in [7, 11) is 0. The van der Waals surface area contributed by atoms with Gasteiger partial charge >= 0.3 is 0 Å². The molecule has 5 nitrogen and oxygen atoms in total. The Balaban J connectivity index is 1.48. The van der Waals surface area contributed by atoms with Crippen molar-refractivity contribution < 1.29 is 14.3 Å². The second-order valence-corrected chi connectivity index (χ2v) is 7.00. The van der Waals surface area contributed by atoms with E-state index in [0.29, 0.717) is 29.5 Å². The summed E-state index contributed by atoms with van der Waals surface area (Å²) in [6, 6.07) is 22.1. The van der Waals surface area contributed by atoms with Crippen molar-refractivity contribution in [3.8, 4) is 11.5 Å². The fraction of sp³-hybridized carbons (Fsp3) is 0.167. The molecule has 0 bridgehead atoms. The molecule has 0 radical (unpaired) electrons. The second kappa shape index (κ2) is 11.0. The number of carbonyl (C=O) groups excluding carboxylic acids is 1. The summed E-state index contributed by atoms with van der Waals surface area (Å²) < 4.78 is 11.6. The van der Waals surface area contributed by atoms with Gasteiger partial charge in [0.25, 0.3) is 5.91 Å². The molecular formula is C24H23ClN2O3. The van der Waals surface area contributed by atoms with Crippen molar-refractivity contribution in [1.29, 1.82) is 0 Å². The minimum atomic E-state index is -0.333. The molecule has 0 aliphatic heterocycles. The number of para-hydroxylation sites is 2. The summed E-state index contributed by atoms with van der Waals surface area (Å²) in [5.41, 5.74) is 4.82. The molecule has 0 aliphatic rings. The van der Waals surface area contributed by atoms with Crippen LogP contribution in [0.2, 0.25) is 5.02 Å². The van der Waals surface area contributed by atoms with Gasteiger partial charge in [0.15, 0.2) is 0 Å². The molecule has 0 saturated heterocycles. The molecule has 30 heavy (non-hydrogen) atoms. The number of hydrogen-bond donors (Lipinski definition) is 1. The zero-order valence-corrected chi connectivity index (χ0v) is 17.4. The maximum atomic E-state index is 12.1. The Labute approximate surface area is 181 Å². The number of nitrogens with zero attached hydrogens (tertiary/aromatic N) is 1. The number of amides is 1. The Hall–Kier alpha value is -3.31. The van der Waals surface area contributed by atoms with Crippen LogP contribution >= 0.6 is 11.6 Å². The van der Waals surface area contributed by atoms with Crippen LogP contribution < -0.4 is 14.9 Å². The molecule has 1 N–H and O–H groups in total. The third-order valence-electron chi connectivity index (χ3n) is 4.27. The third-order valence-corrected chi connectivity index (χ3v) is 4.51. The molecule has 6 heteroatoms. The number of hydrogen-bond acceptors (Lipinski definition) is 4. The van der Waals surface area contributed by atoms with Crippen molar-refractivity contribution in [1.82, 2.24) is 5.43 Å². The quantitative estimate of drug-likeness (QED) is 0.290. The number of benzene rings is 3. The number of hydrazone groups is 1. The topological polar surface area (TPSA) is 59.9 Å². The summed E-state index contributed by atoms with van der Waals surface area (Å²) in [6.07, 6.45) is 2.30. The van der Waals surface area contributed by atoms with Crippen molar-refractivity contribution >= 4 is 23.7 Å². The van der Waals surface area contributed by atoms with E-state index in [1.807, 2.05) is 55.5 Å². The van der Waals surface area contributed by atoms with Gasteiger partial charge in [0, 0.05) is 22.6 Å². The number of ether oxygens (including phenoxy) is 2. The summed E-state index contributed by atoms with van der Waals surface area (Å²) in [5, 5.41) is 4.53. The van der Waals surface area contributed by atoms with Gasteiger partial charge in [-0.05, 0) is 48.9 Å². The van der Waals surface area contributed by atoms with E-state index in [1.165, 1.54) is 0 Å². The van der Waals surface area contributed by atoms with E-state index in [-0.39, 0.29) is 5.91 Å². The van der Waals surface area contributed by atoms with E-state index < -0.39 is 0 Å². The van der Waals surface area contributed by atoms with Crippen molar-refractivity contribution in [3.05, 3.63) is 94.5 Å². The van der Waals surface area contributed by atoms with Gasteiger partial charge in [-0.2, -0.15) is 5.10 Å². The van der Waals surface area contributed by atoms with Crippen LogP contribution in [-0.4, -0.2) is 25.3 Å². The molecule has 0 fully saturated rings. The highest BCUT2D eigenvalue weighted by Crippen LogP contribution is 2.18. The summed E-state index contributed by atoms with van der Waals surface area (Å²) in [4.78, 5) is 12.1. The van der Waals surface area contributed by atoms with Gasteiger partial charge in [-0.3, -0.25) is 4.79 Å². The SMILES string of the molecule is Cc1ccccc1OCCCOc1ccccc1/C=N\NC(=O)c1cccc(Cl)c1. The van der Waals surface area contributed by atoms with Gasteiger partial charge < -0.3 is 9.47 Å². The van der Waals surface area contributed by atoms with Crippen LogP contribution in [0.4, 0.5) is 0 Å². The van der Waals surface area contributed by atoms with Crippen LogP contribution in [0.1, 0.15) is 27.9 Å². The second-order valence-electron chi connectivity index (χ2n) is 6.56. The van der Waals surface area contributed by atoms with E-state index >= 15 is 0 Å². The molecule has 0 heterocycles. The lowest BCUT2D eigenvalue weighted by atomic mass is 10.2. The van der Waals surface area contributed by atoms with Gasteiger partial charge in [0.2, 0.25) is 0 Å². The highest BCUT2D eigenvalue weighted by Gasteiger charge is 2.05. The Morgan fingerprint density at radius 2 is 1.67 bits per heavy atom. The van der Waals surface area contributed by atoms with Gasteiger partial charge in [0.05, 0.1) is 19.4 Å². The average molecular weight is 423 g/mol. The smallest absolute Gasteiger partial charge is 0.271 e. The summed E-state index contributed by atoms with van der Waals surface area (Å²) >= 11 is 5.91. The molecule has 3 aromatic rings. The molecule has 154 valence electrons. The van der Waals surface area contributed by atoms with Crippen LogP contribution in [0.25, 0.3) is 0 Å². The zero-order chi connectivity index (χ0) is 21.2. The first-order valence-corrected chi connectivity index (χ1v) is 10.0. The van der Waals surface area contributed by atoms with Gasteiger partial charge in [-0.15, -0.1) is 0 Å². The van der Waals surface area contributed by atoms with Crippen molar-refractivity contribution in [3.63, 3.8) is 0 Å². The van der Waals surface area contributed by atoms with Crippen LogP contribution in [0, 0.1) is 6.92 Å². The Morgan fingerprint density at radius 1 is 0.967 bits per heavy atom. The first-order valence-electron chi connectivity index (χ1n) is 9.63. The number of halogens is 1. The molecular weight excluding hydrogens is 400 g/mol. The van der Waals surface area contributed by atoms with E-state index in [4.69, 9.17) is 21.1 Å². The Kier molecular flexibility index (Phi) is 7.86. The number of carbonyl (C=O) groups is 1. The minimum absolute atomic E-state index is 0.333. The van der Waals surface area contributed by atoms with Gasteiger partial charge in [0.1, 0.15) is 11.5 Å². The first kappa shape index (κ1) is 21.4. The van der Waals surface area contributed by atoms with Crippen LogP contribution in [0.3, 0.4) is 0 Å². The van der Waals surface area contributed by atoms with Gasteiger partial charge in [-0.25, -0.2) is 5.43 Å². The molecule has 0 aliphatic carbocycles. The predicted octanol–water partition coefficient (Wildman–Crippen LogP) is 5.26. The number of aryl methyl sites for hydroxylation is 1. The van der Waals surface area contributed by atoms with Crippen LogP contribution in [0.15, 0.2) is 77.9 Å². The largest absolute Gasteiger partial charge is 0.493 e. The summed E-state index contributed by atoms with van der Waals surface area (Å²) in [6.45, 7) is 3.09. The molecule has 3 aromatic carbocycles. The average Bonchev–Trinajstić information content (AvgIpc) is 2.75. The van der Waals surface area contributed by atoms with E-state index in [2.05, 4.69) is 10.5 Å². The highest BCUT2D eigenvalue weighted by atomic mass is 35.5. The molecule has 1 amide bonds. The predicted molar refractivity (Wildman–Crippen MR) is 120 cm³/mol. The van der Waals surface area contributed by atoms with Crippen molar-refractivity contribution in [2.75, 3.05) is 13.2 Å². The number of nitrogens with one attached hydrogen (secondary N) is 1. The molecule has 0 saturated carbocycles. The maximum absolute atomic E-state index is 12.1. The molecule has 3 rings (SSSR count). The molecule has 0 unspecified atom stereocenters. The fourth-order valence-corrected chi connectivity index (χ4v) is 2.91. The van der Waals surface area contributed by atoms with Crippen LogP contribution in [-0.2, 0) is 0 Å². The Bertz CT molecular complexity index is 1020. The third kappa shape index (κ3) is 6.36.